The first-order valence-electron chi connectivity index (χ1n) is 5.11. The van der Waals surface area contributed by atoms with Gasteiger partial charge in [0.2, 0.25) is 0 Å². The fraction of sp³-hybridized carbons (Fsp3) is 0.600. The SMILES string of the molecule is CNc1nc(C)nc(NCCS(C)=O)c1C. The second-order valence-electron chi connectivity index (χ2n) is 3.55. The highest BCUT2D eigenvalue weighted by molar-refractivity contribution is 7.84. The van der Waals surface area contributed by atoms with Crippen LogP contribution in [0.25, 0.3) is 0 Å². The molecule has 1 rings (SSSR count). The second kappa shape index (κ2) is 5.79. The number of anilines is 2. The van der Waals surface area contributed by atoms with Gasteiger partial charge in [-0.2, -0.15) is 0 Å². The first-order valence-corrected chi connectivity index (χ1v) is 6.84. The molecule has 0 bridgehead atoms. The number of hydrogen-bond donors (Lipinski definition) is 2. The van der Waals surface area contributed by atoms with Crippen molar-refractivity contribution in [2.75, 3.05) is 36.2 Å². The quantitative estimate of drug-likeness (QED) is 0.804. The summed E-state index contributed by atoms with van der Waals surface area (Å²) in [7, 11) is 1.05. The summed E-state index contributed by atoms with van der Waals surface area (Å²) >= 11 is 0. The lowest BCUT2D eigenvalue weighted by Crippen LogP contribution is -2.13. The Balaban J connectivity index is 2.78. The zero-order valence-electron chi connectivity index (χ0n) is 10.1. The molecular formula is C10H18N4OS. The zero-order chi connectivity index (χ0) is 12.1. The van der Waals surface area contributed by atoms with E-state index in [2.05, 4.69) is 20.6 Å². The van der Waals surface area contributed by atoms with Gasteiger partial charge < -0.3 is 10.6 Å². The number of nitrogens with one attached hydrogen (secondary N) is 2. The van der Waals surface area contributed by atoms with E-state index in [0.717, 1.165) is 23.0 Å². The molecule has 0 radical (unpaired) electrons. The molecule has 0 amide bonds. The minimum absolute atomic E-state index is 0.622. The third-order valence-electron chi connectivity index (χ3n) is 2.18. The van der Waals surface area contributed by atoms with Gasteiger partial charge in [0.05, 0.1) is 0 Å². The van der Waals surface area contributed by atoms with Crippen LogP contribution >= 0.6 is 0 Å². The highest BCUT2D eigenvalue weighted by Gasteiger charge is 2.07. The topological polar surface area (TPSA) is 66.9 Å². The van der Waals surface area contributed by atoms with E-state index in [4.69, 9.17) is 0 Å². The second-order valence-corrected chi connectivity index (χ2v) is 5.10. The summed E-state index contributed by atoms with van der Waals surface area (Å²) in [5, 5.41) is 6.20. The molecule has 6 heteroatoms. The Morgan fingerprint density at radius 1 is 1.25 bits per heavy atom. The van der Waals surface area contributed by atoms with Crippen LogP contribution in [-0.4, -0.2) is 39.8 Å². The van der Waals surface area contributed by atoms with E-state index in [9.17, 15) is 4.21 Å². The molecule has 0 fully saturated rings. The molecule has 0 aliphatic heterocycles. The molecule has 0 aliphatic carbocycles. The molecule has 1 atom stereocenters. The third kappa shape index (κ3) is 3.44. The van der Waals surface area contributed by atoms with Crippen molar-refractivity contribution in [2.45, 2.75) is 13.8 Å². The summed E-state index contributed by atoms with van der Waals surface area (Å²) in [6.07, 6.45) is 1.69. The van der Waals surface area contributed by atoms with Gasteiger partial charge in [-0.15, -0.1) is 0 Å². The van der Waals surface area contributed by atoms with E-state index in [1.54, 1.807) is 6.26 Å². The van der Waals surface area contributed by atoms with Crippen molar-refractivity contribution in [1.82, 2.24) is 9.97 Å². The standard InChI is InChI=1S/C10H18N4OS/c1-7-9(11-3)13-8(2)14-10(7)12-5-6-16(4)15/h5-6H2,1-4H3,(H2,11,12,13,14). The monoisotopic (exact) mass is 242 g/mol. The van der Waals surface area contributed by atoms with Gasteiger partial charge in [-0.05, 0) is 13.8 Å². The van der Waals surface area contributed by atoms with Gasteiger partial charge in [0.15, 0.2) is 0 Å². The highest BCUT2D eigenvalue weighted by Crippen LogP contribution is 2.18. The van der Waals surface area contributed by atoms with Gasteiger partial charge >= 0.3 is 0 Å². The van der Waals surface area contributed by atoms with Crippen molar-refractivity contribution in [3.63, 3.8) is 0 Å². The lowest BCUT2D eigenvalue weighted by Gasteiger charge is -2.12. The fourth-order valence-electron chi connectivity index (χ4n) is 1.36. The van der Waals surface area contributed by atoms with Crippen molar-refractivity contribution >= 4 is 22.4 Å². The first kappa shape index (κ1) is 12.9. The maximum atomic E-state index is 10.9. The number of rotatable bonds is 5. The average Bonchev–Trinajstić information content (AvgIpc) is 2.22. The molecule has 0 aliphatic rings. The molecule has 2 N–H and O–H groups in total. The molecule has 0 saturated heterocycles. The maximum Gasteiger partial charge on any atom is 0.134 e. The van der Waals surface area contributed by atoms with Gasteiger partial charge in [-0.1, -0.05) is 0 Å². The molecule has 90 valence electrons. The van der Waals surface area contributed by atoms with Crippen LogP contribution in [0, 0.1) is 13.8 Å². The average molecular weight is 242 g/mol. The molecule has 1 aromatic rings. The first-order chi connectivity index (χ1) is 7.54. The smallest absolute Gasteiger partial charge is 0.134 e. The summed E-state index contributed by atoms with van der Waals surface area (Å²) in [5.41, 5.74) is 0.981. The van der Waals surface area contributed by atoms with Gasteiger partial charge in [-0.25, -0.2) is 9.97 Å². The Labute approximate surface area is 98.5 Å². The fourth-order valence-corrected chi connectivity index (χ4v) is 1.75. The highest BCUT2D eigenvalue weighted by atomic mass is 32.2. The Hall–Kier alpha value is -1.17. The molecule has 0 spiro atoms. The molecule has 1 aromatic heterocycles. The zero-order valence-corrected chi connectivity index (χ0v) is 10.9. The van der Waals surface area contributed by atoms with E-state index < -0.39 is 10.8 Å². The lowest BCUT2D eigenvalue weighted by atomic mass is 10.3. The minimum atomic E-state index is -0.780. The van der Waals surface area contributed by atoms with E-state index in [1.807, 2.05) is 20.9 Å². The number of hydrogen-bond acceptors (Lipinski definition) is 5. The van der Waals surface area contributed by atoms with Crippen LogP contribution in [0.4, 0.5) is 11.6 Å². The number of aromatic nitrogens is 2. The van der Waals surface area contributed by atoms with Crippen LogP contribution in [0.3, 0.4) is 0 Å². The Bertz CT molecular complexity index is 395. The summed E-state index contributed by atoms with van der Waals surface area (Å²) in [6.45, 7) is 4.46. The van der Waals surface area contributed by atoms with Gasteiger partial charge in [0.25, 0.3) is 0 Å². The molecule has 16 heavy (non-hydrogen) atoms. The largest absolute Gasteiger partial charge is 0.373 e. The summed E-state index contributed by atoms with van der Waals surface area (Å²) < 4.78 is 10.9. The van der Waals surface area contributed by atoms with Crippen LogP contribution in [0.2, 0.25) is 0 Å². The number of aryl methyl sites for hydroxylation is 1. The van der Waals surface area contributed by atoms with Gasteiger partial charge in [-0.3, -0.25) is 4.21 Å². The van der Waals surface area contributed by atoms with Crippen molar-refractivity contribution in [3.05, 3.63) is 11.4 Å². The van der Waals surface area contributed by atoms with Gasteiger partial charge in [0, 0.05) is 42.0 Å². The normalized spacial score (nSPS) is 12.2. The van der Waals surface area contributed by atoms with Crippen molar-refractivity contribution in [3.8, 4) is 0 Å². The van der Waals surface area contributed by atoms with E-state index in [1.165, 1.54) is 0 Å². The third-order valence-corrected chi connectivity index (χ3v) is 2.96. The summed E-state index contributed by atoms with van der Waals surface area (Å²) in [6, 6.07) is 0. The van der Waals surface area contributed by atoms with Crippen molar-refractivity contribution in [2.24, 2.45) is 0 Å². The summed E-state index contributed by atoms with van der Waals surface area (Å²) in [5.74, 6) is 2.97. The van der Waals surface area contributed by atoms with E-state index in [-0.39, 0.29) is 0 Å². The van der Waals surface area contributed by atoms with Crippen LogP contribution in [0.5, 0.6) is 0 Å². The van der Waals surface area contributed by atoms with Crippen LogP contribution in [0.1, 0.15) is 11.4 Å². The van der Waals surface area contributed by atoms with E-state index >= 15 is 0 Å². The molecular weight excluding hydrogens is 224 g/mol. The Morgan fingerprint density at radius 2 is 1.88 bits per heavy atom. The molecule has 1 heterocycles. The Morgan fingerprint density at radius 3 is 2.44 bits per heavy atom. The van der Waals surface area contributed by atoms with Gasteiger partial charge in [0.1, 0.15) is 17.5 Å². The van der Waals surface area contributed by atoms with Crippen LogP contribution < -0.4 is 10.6 Å². The van der Waals surface area contributed by atoms with E-state index in [0.29, 0.717) is 12.3 Å². The molecule has 1 unspecified atom stereocenters. The Kier molecular flexibility index (Phi) is 4.67. The molecule has 5 nitrogen and oxygen atoms in total. The minimum Gasteiger partial charge on any atom is -0.373 e. The molecule has 0 aromatic carbocycles. The van der Waals surface area contributed by atoms with Crippen molar-refractivity contribution < 1.29 is 4.21 Å². The lowest BCUT2D eigenvalue weighted by molar-refractivity contribution is 0.687. The number of nitrogens with zero attached hydrogens (tertiary/aromatic N) is 2. The van der Waals surface area contributed by atoms with Crippen LogP contribution in [-0.2, 0) is 10.8 Å². The summed E-state index contributed by atoms with van der Waals surface area (Å²) in [4.78, 5) is 8.59. The predicted molar refractivity (Wildman–Crippen MR) is 68.5 cm³/mol. The van der Waals surface area contributed by atoms with Crippen molar-refractivity contribution in [1.29, 1.82) is 0 Å². The van der Waals surface area contributed by atoms with Crippen LogP contribution in [0.15, 0.2) is 0 Å². The molecule has 0 saturated carbocycles. The maximum absolute atomic E-state index is 10.9. The predicted octanol–water partition coefficient (Wildman–Crippen LogP) is 0.926.